The summed E-state index contributed by atoms with van der Waals surface area (Å²) < 4.78 is 5.31. The van der Waals surface area contributed by atoms with Crippen molar-refractivity contribution >= 4 is 11.4 Å². The number of ether oxygens (including phenoxy) is 1. The molecule has 0 aromatic heterocycles. The van der Waals surface area contributed by atoms with Gasteiger partial charge in [0.05, 0.1) is 29.1 Å². The number of nitrogens with zero attached hydrogens (tertiary/aromatic N) is 2. The molecule has 84 valence electrons. The monoisotopic (exact) mass is 217 g/mol. The van der Waals surface area contributed by atoms with Crippen LogP contribution in [0.2, 0.25) is 0 Å². The maximum absolute atomic E-state index is 8.76. The zero-order valence-corrected chi connectivity index (χ0v) is 9.31. The van der Waals surface area contributed by atoms with Crippen LogP contribution in [0.5, 0.6) is 0 Å². The van der Waals surface area contributed by atoms with E-state index >= 15 is 0 Å². The van der Waals surface area contributed by atoms with Gasteiger partial charge in [0, 0.05) is 20.2 Å². The Morgan fingerprint density at radius 1 is 1.56 bits per heavy atom. The van der Waals surface area contributed by atoms with Crippen LogP contribution in [0.4, 0.5) is 11.4 Å². The Kier molecular flexibility index (Phi) is 2.97. The van der Waals surface area contributed by atoms with Crippen LogP contribution >= 0.6 is 0 Å². The van der Waals surface area contributed by atoms with Gasteiger partial charge in [0.1, 0.15) is 0 Å². The smallest absolute Gasteiger partial charge is 0.0992 e. The van der Waals surface area contributed by atoms with E-state index in [0.29, 0.717) is 11.3 Å². The summed E-state index contributed by atoms with van der Waals surface area (Å²) in [4.78, 5) is 2.20. The number of methoxy groups -OCH3 is 1. The van der Waals surface area contributed by atoms with Crippen molar-refractivity contribution in [1.82, 2.24) is 0 Å². The van der Waals surface area contributed by atoms with Crippen LogP contribution in [0.1, 0.15) is 12.0 Å². The van der Waals surface area contributed by atoms with E-state index in [2.05, 4.69) is 11.0 Å². The van der Waals surface area contributed by atoms with Crippen LogP contribution in [0.3, 0.4) is 0 Å². The first-order valence-corrected chi connectivity index (χ1v) is 5.32. The Morgan fingerprint density at radius 3 is 2.94 bits per heavy atom. The minimum atomic E-state index is 0.287. The number of hydrogen-bond acceptors (Lipinski definition) is 4. The summed E-state index contributed by atoms with van der Waals surface area (Å²) in [5.41, 5.74) is 8.19. The maximum Gasteiger partial charge on any atom is 0.0992 e. The lowest BCUT2D eigenvalue weighted by Gasteiger charge is -2.20. The van der Waals surface area contributed by atoms with E-state index in [-0.39, 0.29) is 6.10 Å². The third-order valence-corrected chi connectivity index (χ3v) is 2.98. The van der Waals surface area contributed by atoms with Crippen molar-refractivity contribution in [1.29, 1.82) is 5.26 Å². The molecule has 1 aromatic rings. The number of nitriles is 1. The Bertz CT molecular complexity index is 425. The Hall–Kier alpha value is -1.73. The molecule has 1 unspecified atom stereocenters. The van der Waals surface area contributed by atoms with E-state index in [4.69, 9.17) is 15.7 Å². The predicted octanol–water partition coefficient (Wildman–Crippen LogP) is 1.37. The Balaban J connectivity index is 2.19. The first-order valence-electron chi connectivity index (χ1n) is 5.32. The summed E-state index contributed by atoms with van der Waals surface area (Å²) >= 11 is 0. The summed E-state index contributed by atoms with van der Waals surface area (Å²) in [5, 5.41) is 8.76. The van der Waals surface area contributed by atoms with Gasteiger partial charge in [-0.05, 0) is 24.6 Å². The van der Waals surface area contributed by atoms with Gasteiger partial charge in [-0.25, -0.2) is 0 Å². The van der Waals surface area contributed by atoms with Crippen molar-refractivity contribution < 1.29 is 4.74 Å². The second-order valence-corrected chi connectivity index (χ2v) is 3.98. The molecule has 0 saturated carbocycles. The fraction of sp³-hybridized carbons (Fsp3) is 0.417. The minimum Gasteiger partial charge on any atom is -0.397 e. The van der Waals surface area contributed by atoms with Gasteiger partial charge < -0.3 is 15.4 Å². The van der Waals surface area contributed by atoms with Crippen LogP contribution in [-0.4, -0.2) is 26.3 Å². The molecule has 1 atom stereocenters. The van der Waals surface area contributed by atoms with Gasteiger partial charge in [0.15, 0.2) is 0 Å². The van der Waals surface area contributed by atoms with Crippen molar-refractivity contribution in [3.05, 3.63) is 23.8 Å². The van der Waals surface area contributed by atoms with Gasteiger partial charge in [-0.1, -0.05) is 0 Å². The van der Waals surface area contributed by atoms with Crippen LogP contribution < -0.4 is 10.6 Å². The molecule has 2 rings (SSSR count). The average Bonchev–Trinajstić information content (AvgIpc) is 2.77. The zero-order chi connectivity index (χ0) is 11.5. The van der Waals surface area contributed by atoms with Crippen LogP contribution in [0, 0.1) is 11.3 Å². The lowest BCUT2D eigenvalue weighted by Crippen LogP contribution is -2.23. The summed E-state index contributed by atoms with van der Waals surface area (Å²) in [7, 11) is 1.73. The number of anilines is 2. The van der Waals surface area contributed by atoms with E-state index in [0.717, 1.165) is 25.2 Å². The number of nitrogen functional groups attached to an aromatic ring is 1. The van der Waals surface area contributed by atoms with E-state index in [1.165, 1.54) is 0 Å². The molecule has 1 aromatic carbocycles. The van der Waals surface area contributed by atoms with Crippen molar-refractivity contribution in [2.24, 2.45) is 0 Å². The fourth-order valence-electron chi connectivity index (χ4n) is 2.05. The second-order valence-electron chi connectivity index (χ2n) is 3.98. The quantitative estimate of drug-likeness (QED) is 0.760. The summed E-state index contributed by atoms with van der Waals surface area (Å²) in [5.74, 6) is 0. The third-order valence-electron chi connectivity index (χ3n) is 2.98. The van der Waals surface area contributed by atoms with E-state index in [1.54, 1.807) is 19.2 Å². The van der Waals surface area contributed by atoms with Crippen LogP contribution in [-0.2, 0) is 4.74 Å². The molecule has 4 heteroatoms. The van der Waals surface area contributed by atoms with Gasteiger partial charge in [-0.2, -0.15) is 5.26 Å². The van der Waals surface area contributed by atoms with Crippen molar-refractivity contribution in [3.8, 4) is 6.07 Å². The molecule has 0 aliphatic carbocycles. The van der Waals surface area contributed by atoms with Crippen LogP contribution in [0.15, 0.2) is 18.2 Å². The third kappa shape index (κ3) is 1.95. The highest BCUT2D eigenvalue weighted by molar-refractivity contribution is 5.70. The largest absolute Gasteiger partial charge is 0.397 e. The number of hydrogen-bond donors (Lipinski definition) is 1. The highest BCUT2D eigenvalue weighted by atomic mass is 16.5. The van der Waals surface area contributed by atoms with E-state index < -0.39 is 0 Å². The van der Waals surface area contributed by atoms with Gasteiger partial charge in [0.2, 0.25) is 0 Å². The molecule has 1 aliphatic heterocycles. The van der Waals surface area contributed by atoms with Crippen molar-refractivity contribution in [2.45, 2.75) is 12.5 Å². The molecule has 4 nitrogen and oxygen atoms in total. The molecule has 1 aliphatic rings. The second kappa shape index (κ2) is 4.42. The summed E-state index contributed by atoms with van der Waals surface area (Å²) in [6.45, 7) is 1.82. The molecule has 1 heterocycles. The van der Waals surface area contributed by atoms with Gasteiger partial charge in [-0.15, -0.1) is 0 Å². The van der Waals surface area contributed by atoms with Gasteiger partial charge >= 0.3 is 0 Å². The fourth-order valence-corrected chi connectivity index (χ4v) is 2.05. The molecule has 0 amide bonds. The SMILES string of the molecule is COC1CCN(c2ccc(C#N)cc2N)C1. The molecular weight excluding hydrogens is 202 g/mol. The number of nitrogens with two attached hydrogens (primary N) is 1. The van der Waals surface area contributed by atoms with Crippen LogP contribution in [0.25, 0.3) is 0 Å². The molecule has 16 heavy (non-hydrogen) atoms. The normalized spacial score (nSPS) is 19.8. The summed E-state index contributed by atoms with van der Waals surface area (Å²) in [6, 6.07) is 7.51. The lowest BCUT2D eigenvalue weighted by atomic mass is 10.2. The topological polar surface area (TPSA) is 62.3 Å². The van der Waals surface area contributed by atoms with E-state index in [9.17, 15) is 0 Å². The highest BCUT2D eigenvalue weighted by Crippen LogP contribution is 2.28. The molecular formula is C12H15N3O. The Labute approximate surface area is 95.2 Å². The molecule has 0 bridgehead atoms. The van der Waals surface area contributed by atoms with E-state index in [1.807, 2.05) is 6.07 Å². The zero-order valence-electron chi connectivity index (χ0n) is 9.31. The van der Waals surface area contributed by atoms with Gasteiger partial charge in [0.25, 0.3) is 0 Å². The van der Waals surface area contributed by atoms with Gasteiger partial charge in [-0.3, -0.25) is 0 Å². The molecule has 2 N–H and O–H groups in total. The highest BCUT2D eigenvalue weighted by Gasteiger charge is 2.23. The molecule has 1 fully saturated rings. The lowest BCUT2D eigenvalue weighted by molar-refractivity contribution is 0.121. The molecule has 0 radical (unpaired) electrons. The first-order chi connectivity index (χ1) is 7.74. The molecule has 1 saturated heterocycles. The summed E-state index contributed by atoms with van der Waals surface area (Å²) in [6.07, 6.45) is 1.31. The maximum atomic E-state index is 8.76. The predicted molar refractivity (Wildman–Crippen MR) is 63.2 cm³/mol. The minimum absolute atomic E-state index is 0.287. The standard InChI is InChI=1S/C12H15N3O/c1-16-10-4-5-15(8-10)12-3-2-9(7-13)6-11(12)14/h2-3,6,10H,4-5,8,14H2,1H3. The first kappa shape index (κ1) is 10.8. The Morgan fingerprint density at radius 2 is 2.38 bits per heavy atom. The number of rotatable bonds is 2. The van der Waals surface area contributed by atoms with Crippen molar-refractivity contribution in [3.63, 3.8) is 0 Å². The number of benzene rings is 1. The average molecular weight is 217 g/mol. The molecule has 0 spiro atoms. The van der Waals surface area contributed by atoms with Crippen molar-refractivity contribution in [2.75, 3.05) is 30.8 Å².